The second kappa shape index (κ2) is 13.9. The van der Waals surface area contributed by atoms with Crippen LogP contribution in [0.25, 0.3) is 43.3 Å². The van der Waals surface area contributed by atoms with Crippen LogP contribution in [0.4, 0.5) is 5.69 Å². The van der Waals surface area contributed by atoms with Crippen molar-refractivity contribution in [3.05, 3.63) is 159 Å². The predicted octanol–water partition coefficient (Wildman–Crippen LogP) is 8.45. The first-order valence-corrected chi connectivity index (χ1v) is 15.4. The molecule has 233 valence electrons. The standard InChI is InChI=1S/C39H29ClN3O3.Ni/c40-28-17-19-33(32(20-28)39(42-23-36(45)46)26-10-2-1-3-11-26)43-35(44)21-34-31-18-16-25-9-5-7-13-30(25)38(31)37-27(22-41-34)15-14-24-8-4-6-12-29(24)37;/h1-20,34H,21-23H2,(H2,42,43,44,45,46);/q-1;+3/p-2. The summed E-state index contributed by atoms with van der Waals surface area (Å²) in [6, 6.07) is 38.8. The van der Waals surface area contributed by atoms with E-state index in [1.165, 1.54) is 0 Å². The Labute approximate surface area is 287 Å². The molecule has 0 spiro atoms. The first-order valence-electron chi connectivity index (χ1n) is 15.0. The number of hydrogen-bond donors (Lipinski definition) is 0. The fourth-order valence-electron chi connectivity index (χ4n) is 6.28. The third kappa shape index (κ3) is 6.56. The molecule has 1 aliphatic heterocycles. The van der Waals surface area contributed by atoms with Gasteiger partial charge in [0, 0.05) is 10.6 Å². The number of aliphatic imine (C=N–C) groups is 1. The van der Waals surface area contributed by atoms with E-state index in [9.17, 15) is 14.7 Å². The summed E-state index contributed by atoms with van der Waals surface area (Å²) < 4.78 is 0. The fraction of sp³-hybridized carbons (Fsp3) is 0.103. The van der Waals surface area contributed by atoms with E-state index in [-0.39, 0.29) is 28.8 Å². The van der Waals surface area contributed by atoms with Gasteiger partial charge < -0.3 is 25.3 Å². The van der Waals surface area contributed by atoms with Gasteiger partial charge in [0.15, 0.2) is 0 Å². The van der Waals surface area contributed by atoms with Crippen LogP contribution in [0.2, 0.25) is 5.02 Å². The molecule has 1 radical (unpaired) electrons. The zero-order valence-electron chi connectivity index (χ0n) is 25.0. The summed E-state index contributed by atoms with van der Waals surface area (Å²) in [7, 11) is 0. The molecule has 1 heterocycles. The van der Waals surface area contributed by atoms with Crippen molar-refractivity contribution in [1.29, 1.82) is 0 Å². The summed E-state index contributed by atoms with van der Waals surface area (Å²) in [5.74, 6) is -1.68. The Balaban J connectivity index is 0.00000386. The summed E-state index contributed by atoms with van der Waals surface area (Å²) >= 11 is 6.39. The van der Waals surface area contributed by atoms with Crippen molar-refractivity contribution >= 4 is 56.4 Å². The van der Waals surface area contributed by atoms with Gasteiger partial charge in [-0.3, -0.25) is 4.99 Å². The largest absolute Gasteiger partial charge is 3.00 e. The Morgan fingerprint density at radius 1 is 0.809 bits per heavy atom. The van der Waals surface area contributed by atoms with E-state index >= 15 is 0 Å². The molecule has 1 amide bonds. The van der Waals surface area contributed by atoms with Gasteiger partial charge in [0.1, 0.15) is 0 Å². The van der Waals surface area contributed by atoms with E-state index in [0.29, 0.717) is 34.1 Å². The summed E-state index contributed by atoms with van der Waals surface area (Å²) in [4.78, 5) is 29.5. The average molecular weight is 680 g/mol. The van der Waals surface area contributed by atoms with Gasteiger partial charge in [-0.2, -0.15) is 0 Å². The monoisotopic (exact) mass is 678 g/mol. The fourth-order valence-corrected chi connectivity index (χ4v) is 6.45. The van der Waals surface area contributed by atoms with E-state index < -0.39 is 18.6 Å². The van der Waals surface area contributed by atoms with Crippen molar-refractivity contribution in [2.24, 2.45) is 4.99 Å². The molecule has 1 unspecified atom stereocenters. The van der Waals surface area contributed by atoms with Crippen LogP contribution in [0.1, 0.15) is 34.7 Å². The van der Waals surface area contributed by atoms with Crippen LogP contribution in [-0.2, 0) is 32.6 Å². The number of carbonyl (C=O) groups is 2. The van der Waals surface area contributed by atoms with Crippen LogP contribution in [0.5, 0.6) is 0 Å². The van der Waals surface area contributed by atoms with Crippen LogP contribution >= 0.6 is 11.6 Å². The van der Waals surface area contributed by atoms with Gasteiger partial charge in [0.05, 0.1) is 24.1 Å². The Bertz CT molecular complexity index is 2170. The molecule has 6 aromatic carbocycles. The minimum atomic E-state index is -1.32. The number of amides is 1. The Hall–Kier alpha value is -4.81. The van der Waals surface area contributed by atoms with Crippen molar-refractivity contribution in [1.82, 2.24) is 0 Å². The summed E-state index contributed by atoms with van der Waals surface area (Å²) in [5, 5.41) is 25.9. The number of fused-ring (bicyclic) bond motifs is 7. The molecular weight excluding hydrogens is 653 g/mol. The Morgan fingerprint density at radius 3 is 2.19 bits per heavy atom. The summed E-state index contributed by atoms with van der Waals surface area (Å²) in [5.41, 5.74) is 6.16. The number of benzene rings is 6. The Kier molecular flexibility index (Phi) is 9.51. The van der Waals surface area contributed by atoms with Gasteiger partial charge in [-0.1, -0.05) is 132 Å². The maximum absolute atomic E-state index is 13.8. The third-order valence-electron chi connectivity index (χ3n) is 8.31. The molecule has 0 saturated heterocycles. The average Bonchev–Trinajstić information content (AvgIpc) is 3.23. The SMILES string of the molecule is O=C([O-])CN=C(c1ccccc1)c1cc(Cl)ccc1[N-]C(=O)CC1[N-]Cc2ccc3ccccc3c2-c2c1ccc1ccccc21.[Ni+3]. The second-order valence-electron chi connectivity index (χ2n) is 11.2. The number of carboxylic acids is 1. The van der Waals surface area contributed by atoms with E-state index in [4.69, 9.17) is 16.9 Å². The molecular formula is C39H27ClN3NiO3. The van der Waals surface area contributed by atoms with Gasteiger partial charge in [0.25, 0.3) is 0 Å². The molecule has 0 bridgehead atoms. The summed E-state index contributed by atoms with van der Waals surface area (Å²) in [6.07, 6.45) is 0.0518. The summed E-state index contributed by atoms with van der Waals surface area (Å²) in [6.45, 7) is -0.0909. The van der Waals surface area contributed by atoms with Crippen molar-refractivity contribution in [3.63, 3.8) is 0 Å². The van der Waals surface area contributed by atoms with Gasteiger partial charge in [-0.15, -0.1) is 18.3 Å². The number of nitrogens with zero attached hydrogens (tertiary/aromatic N) is 3. The minimum absolute atomic E-state index is 0. The van der Waals surface area contributed by atoms with Crippen molar-refractivity contribution in [3.8, 4) is 11.1 Å². The van der Waals surface area contributed by atoms with Gasteiger partial charge in [0.2, 0.25) is 0 Å². The number of halogens is 1. The Morgan fingerprint density at radius 2 is 1.47 bits per heavy atom. The molecule has 0 fully saturated rings. The van der Waals surface area contributed by atoms with Crippen molar-refractivity contribution in [2.75, 3.05) is 6.54 Å². The third-order valence-corrected chi connectivity index (χ3v) is 8.54. The van der Waals surface area contributed by atoms with Crippen LogP contribution in [-0.4, -0.2) is 24.1 Å². The van der Waals surface area contributed by atoms with Crippen LogP contribution in [0.15, 0.2) is 126 Å². The first kappa shape index (κ1) is 32.1. The van der Waals surface area contributed by atoms with E-state index in [1.54, 1.807) is 18.2 Å². The molecule has 0 aliphatic carbocycles. The maximum atomic E-state index is 13.8. The second-order valence-corrected chi connectivity index (χ2v) is 11.6. The number of hydrogen-bond acceptors (Lipinski definition) is 4. The van der Waals surface area contributed by atoms with E-state index in [2.05, 4.69) is 64.9 Å². The topological polar surface area (TPSA) is 97.8 Å². The molecule has 6 nitrogen and oxygen atoms in total. The zero-order valence-corrected chi connectivity index (χ0v) is 26.7. The smallest absolute Gasteiger partial charge is 0.652 e. The molecule has 7 rings (SSSR count). The zero-order chi connectivity index (χ0) is 31.6. The quantitative estimate of drug-likeness (QED) is 0.125. The molecule has 6 aromatic rings. The maximum Gasteiger partial charge on any atom is 3.00 e. The van der Waals surface area contributed by atoms with E-state index in [0.717, 1.165) is 43.8 Å². The first-order chi connectivity index (χ1) is 22.5. The van der Waals surface area contributed by atoms with Crippen molar-refractivity contribution in [2.45, 2.75) is 19.0 Å². The van der Waals surface area contributed by atoms with Crippen LogP contribution in [0.3, 0.4) is 0 Å². The molecule has 1 atom stereocenters. The number of carboxylic acid groups (broad SMARTS) is 1. The number of carbonyl (C=O) groups excluding carboxylic acids is 2. The van der Waals surface area contributed by atoms with Crippen LogP contribution in [0, 0.1) is 0 Å². The van der Waals surface area contributed by atoms with Gasteiger partial charge in [-0.05, 0) is 56.8 Å². The molecule has 0 aromatic heterocycles. The number of rotatable bonds is 7. The van der Waals surface area contributed by atoms with Gasteiger partial charge >= 0.3 is 16.5 Å². The molecule has 8 heteroatoms. The van der Waals surface area contributed by atoms with Crippen LogP contribution < -0.4 is 5.11 Å². The molecule has 0 N–H and O–H groups in total. The molecule has 47 heavy (non-hydrogen) atoms. The van der Waals surface area contributed by atoms with Gasteiger partial charge in [-0.25, -0.2) is 0 Å². The van der Waals surface area contributed by atoms with E-state index in [1.807, 2.05) is 48.5 Å². The minimum Gasteiger partial charge on any atom is -0.652 e. The number of aliphatic carboxylic acids is 1. The van der Waals surface area contributed by atoms with Crippen molar-refractivity contribution < 1.29 is 31.2 Å². The predicted molar refractivity (Wildman–Crippen MR) is 183 cm³/mol. The molecule has 0 saturated carbocycles. The normalized spacial score (nSPS) is 14.1. The molecule has 1 aliphatic rings.